The van der Waals surface area contributed by atoms with Crippen molar-refractivity contribution in [3.63, 3.8) is 0 Å². The fourth-order valence-electron chi connectivity index (χ4n) is 1.89. The van der Waals surface area contributed by atoms with E-state index >= 15 is 0 Å². The van der Waals surface area contributed by atoms with E-state index in [0.717, 1.165) is 30.2 Å². The predicted octanol–water partition coefficient (Wildman–Crippen LogP) is 3.39. The summed E-state index contributed by atoms with van der Waals surface area (Å²) >= 11 is 0. The lowest BCUT2D eigenvalue weighted by Gasteiger charge is -2.06. The molecule has 1 N–H and O–H groups in total. The highest BCUT2D eigenvalue weighted by molar-refractivity contribution is 5.64. The highest BCUT2D eigenvalue weighted by Gasteiger charge is 2.06. The van der Waals surface area contributed by atoms with Crippen molar-refractivity contribution in [1.82, 2.24) is 5.32 Å². The number of hydrogen-bond donors (Lipinski definition) is 1. The molecule has 0 saturated heterocycles. The van der Waals surface area contributed by atoms with Crippen LogP contribution < -0.4 is 5.32 Å². The maximum Gasteiger partial charge on any atom is 0.133 e. The summed E-state index contributed by atoms with van der Waals surface area (Å²) < 4.78 is 26.5. The van der Waals surface area contributed by atoms with Gasteiger partial charge in [0.05, 0.1) is 0 Å². The molecule has 2 aromatic carbocycles. The minimum atomic E-state index is -0.553. The van der Waals surface area contributed by atoms with Crippen molar-refractivity contribution in [3.05, 3.63) is 59.7 Å². The topological polar surface area (TPSA) is 12.0 Å². The first-order valence-electron chi connectivity index (χ1n) is 5.89. The molecule has 0 amide bonds. The number of likely N-dealkylation sites (N-methyl/N-ethyl adjacent to an activating group) is 1. The van der Waals surface area contributed by atoms with Gasteiger partial charge >= 0.3 is 0 Å². The molecule has 94 valence electrons. The van der Waals surface area contributed by atoms with E-state index < -0.39 is 11.6 Å². The Labute approximate surface area is 105 Å². The van der Waals surface area contributed by atoms with Crippen LogP contribution in [0.1, 0.15) is 5.56 Å². The van der Waals surface area contributed by atoms with Crippen molar-refractivity contribution < 1.29 is 8.78 Å². The van der Waals surface area contributed by atoms with E-state index in [-0.39, 0.29) is 0 Å². The Bertz CT molecular complexity index is 538. The average molecular weight is 247 g/mol. The van der Waals surface area contributed by atoms with Crippen molar-refractivity contribution in [1.29, 1.82) is 0 Å². The van der Waals surface area contributed by atoms with Crippen molar-refractivity contribution in [2.24, 2.45) is 0 Å². The monoisotopic (exact) mass is 247 g/mol. The van der Waals surface area contributed by atoms with Gasteiger partial charge in [0.15, 0.2) is 0 Å². The van der Waals surface area contributed by atoms with Gasteiger partial charge in [0.2, 0.25) is 0 Å². The molecule has 0 saturated carbocycles. The van der Waals surface area contributed by atoms with Crippen LogP contribution in [0.25, 0.3) is 11.1 Å². The van der Waals surface area contributed by atoms with E-state index in [1.807, 2.05) is 31.3 Å². The largest absolute Gasteiger partial charge is 0.319 e. The van der Waals surface area contributed by atoms with Gasteiger partial charge in [0.1, 0.15) is 11.6 Å². The number of rotatable bonds is 4. The van der Waals surface area contributed by atoms with Crippen molar-refractivity contribution >= 4 is 0 Å². The van der Waals surface area contributed by atoms with Crippen LogP contribution in [-0.2, 0) is 6.42 Å². The van der Waals surface area contributed by atoms with Crippen LogP contribution in [0.5, 0.6) is 0 Å². The quantitative estimate of drug-likeness (QED) is 0.873. The molecule has 1 nitrogen and oxygen atoms in total. The van der Waals surface area contributed by atoms with Crippen LogP contribution >= 0.6 is 0 Å². The van der Waals surface area contributed by atoms with Gasteiger partial charge in [-0.25, -0.2) is 8.78 Å². The average Bonchev–Trinajstić information content (AvgIpc) is 2.36. The standard InChI is InChI=1S/C15H15F2N/c1-18-8-7-11-3-2-4-12(9-11)14-6-5-13(16)10-15(14)17/h2-6,9-10,18H,7-8H2,1H3. The molecule has 18 heavy (non-hydrogen) atoms. The molecule has 0 unspecified atom stereocenters. The van der Waals surface area contributed by atoms with Crippen molar-refractivity contribution in [2.45, 2.75) is 6.42 Å². The fourth-order valence-corrected chi connectivity index (χ4v) is 1.89. The van der Waals surface area contributed by atoms with Crippen LogP contribution in [0.2, 0.25) is 0 Å². The number of hydrogen-bond acceptors (Lipinski definition) is 1. The summed E-state index contributed by atoms with van der Waals surface area (Å²) in [5.74, 6) is -1.08. The van der Waals surface area contributed by atoms with Gasteiger partial charge in [-0.2, -0.15) is 0 Å². The summed E-state index contributed by atoms with van der Waals surface area (Å²) in [6, 6.07) is 11.3. The molecule has 0 radical (unpaired) electrons. The Morgan fingerprint density at radius 1 is 1.06 bits per heavy atom. The van der Waals surface area contributed by atoms with Crippen LogP contribution in [0.3, 0.4) is 0 Å². The van der Waals surface area contributed by atoms with Gasteiger partial charge in [-0.15, -0.1) is 0 Å². The van der Waals surface area contributed by atoms with Gasteiger partial charge < -0.3 is 5.32 Å². The van der Waals surface area contributed by atoms with Crippen molar-refractivity contribution in [2.75, 3.05) is 13.6 Å². The first-order chi connectivity index (χ1) is 8.70. The van der Waals surface area contributed by atoms with Gasteiger partial charge in [0, 0.05) is 11.6 Å². The second kappa shape index (κ2) is 5.74. The molecule has 0 aliphatic carbocycles. The number of halogens is 2. The zero-order chi connectivity index (χ0) is 13.0. The molecule has 0 heterocycles. The van der Waals surface area contributed by atoms with E-state index in [0.29, 0.717) is 5.56 Å². The Kier molecular flexibility index (Phi) is 4.05. The Balaban J connectivity index is 2.32. The normalized spacial score (nSPS) is 10.6. The predicted molar refractivity (Wildman–Crippen MR) is 69.4 cm³/mol. The number of nitrogens with one attached hydrogen (secondary N) is 1. The molecule has 0 atom stereocenters. The highest BCUT2D eigenvalue weighted by Crippen LogP contribution is 2.24. The lowest BCUT2D eigenvalue weighted by molar-refractivity contribution is 0.585. The van der Waals surface area contributed by atoms with Gasteiger partial charge in [-0.1, -0.05) is 24.3 Å². The summed E-state index contributed by atoms with van der Waals surface area (Å²) in [5.41, 5.74) is 2.34. The summed E-state index contributed by atoms with van der Waals surface area (Å²) in [6.45, 7) is 0.870. The minimum Gasteiger partial charge on any atom is -0.319 e. The second-order valence-electron chi connectivity index (χ2n) is 4.18. The lowest BCUT2D eigenvalue weighted by atomic mass is 10.0. The lowest BCUT2D eigenvalue weighted by Crippen LogP contribution is -2.10. The molecule has 2 rings (SSSR count). The molecule has 0 aliphatic heterocycles. The van der Waals surface area contributed by atoms with Crippen LogP contribution in [0.4, 0.5) is 8.78 Å². The molecule has 2 aromatic rings. The SMILES string of the molecule is CNCCc1cccc(-c2ccc(F)cc2F)c1. The summed E-state index contributed by atoms with van der Waals surface area (Å²) in [7, 11) is 1.89. The van der Waals surface area contributed by atoms with E-state index in [9.17, 15) is 8.78 Å². The van der Waals surface area contributed by atoms with E-state index in [1.54, 1.807) is 0 Å². The number of benzene rings is 2. The third-order valence-electron chi connectivity index (χ3n) is 2.83. The Morgan fingerprint density at radius 3 is 2.61 bits per heavy atom. The minimum absolute atomic E-state index is 0.433. The Morgan fingerprint density at radius 2 is 1.89 bits per heavy atom. The van der Waals surface area contributed by atoms with E-state index in [4.69, 9.17) is 0 Å². The summed E-state index contributed by atoms with van der Waals surface area (Å²) in [4.78, 5) is 0. The molecule has 0 aromatic heterocycles. The highest BCUT2D eigenvalue weighted by atomic mass is 19.1. The fraction of sp³-hybridized carbons (Fsp3) is 0.200. The first-order valence-corrected chi connectivity index (χ1v) is 5.89. The van der Waals surface area contributed by atoms with Crippen LogP contribution in [-0.4, -0.2) is 13.6 Å². The summed E-state index contributed by atoms with van der Waals surface area (Å²) in [5, 5.41) is 3.07. The van der Waals surface area contributed by atoms with Gasteiger partial charge in [-0.3, -0.25) is 0 Å². The first kappa shape index (κ1) is 12.7. The molecule has 0 fully saturated rings. The summed E-state index contributed by atoms with van der Waals surface area (Å²) in [6.07, 6.45) is 0.882. The second-order valence-corrected chi connectivity index (χ2v) is 4.18. The third kappa shape index (κ3) is 2.93. The van der Waals surface area contributed by atoms with Gasteiger partial charge in [-0.05, 0) is 43.3 Å². The molecule has 0 aliphatic rings. The van der Waals surface area contributed by atoms with Crippen molar-refractivity contribution in [3.8, 4) is 11.1 Å². The molecule has 0 spiro atoms. The molecule has 0 bridgehead atoms. The molecular formula is C15H15F2N. The maximum absolute atomic E-state index is 13.7. The zero-order valence-corrected chi connectivity index (χ0v) is 10.2. The molecule has 3 heteroatoms. The maximum atomic E-state index is 13.7. The smallest absolute Gasteiger partial charge is 0.133 e. The third-order valence-corrected chi connectivity index (χ3v) is 2.83. The van der Waals surface area contributed by atoms with E-state index in [2.05, 4.69) is 5.32 Å². The van der Waals surface area contributed by atoms with Crippen LogP contribution in [0.15, 0.2) is 42.5 Å². The van der Waals surface area contributed by atoms with Crippen LogP contribution in [0, 0.1) is 11.6 Å². The van der Waals surface area contributed by atoms with E-state index in [1.165, 1.54) is 12.1 Å². The van der Waals surface area contributed by atoms with Gasteiger partial charge in [0.25, 0.3) is 0 Å². The molecular weight excluding hydrogens is 232 g/mol. The zero-order valence-electron chi connectivity index (χ0n) is 10.2. The Hall–Kier alpha value is -1.74.